The van der Waals surface area contributed by atoms with Crippen molar-refractivity contribution in [1.29, 1.82) is 0 Å². The molecule has 9 aromatic rings. The Morgan fingerprint density at radius 3 is 1.64 bits per heavy atom. The Kier molecular flexibility index (Phi) is 6.53. The molecule has 1 atom stereocenters. The second-order valence-electron chi connectivity index (χ2n) is 12.8. The molecule has 0 radical (unpaired) electrons. The Morgan fingerprint density at radius 1 is 0.460 bits per heavy atom. The molecule has 1 N–H and O–H groups in total. The van der Waals surface area contributed by atoms with Crippen LogP contribution in [-0.4, -0.2) is 5.71 Å². The molecule has 0 amide bonds. The first kappa shape index (κ1) is 28.4. The van der Waals surface area contributed by atoms with Crippen molar-refractivity contribution in [3.8, 4) is 22.3 Å². The van der Waals surface area contributed by atoms with Crippen molar-refractivity contribution in [3.05, 3.63) is 187 Å². The standard InChI is InChI=1S/C46H30N2O2/c1-5-13-29(14-6-1)33-21-23-41-35(25-33)36-27-37(40-28-39(31-17-9-3-10-18-31)47-46(48-40)32-19-11-4-12-20-32)45-43(44(36)49-41)38-26-34(22-24-42(38)50-45)30-15-7-2-8-16-30/h1-28,46-47H. The topological polar surface area (TPSA) is 50.7 Å². The molecular weight excluding hydrogens is 613 g/mol. The number of hydrogen-bond acceptors (Lipinski definition) is 4. The lowest BCUT2D eigenvalue weighted by atomic mass is 9.96. The van der Waals surface area contributed by atoms with Crippen LogP contribution in [-0.2, 0) is 0 Å². The van der Waals surface area contributed by atoms with E-state index in [1.54, 1.807) is 0 Å². The third-order valence-electron chi connectivity index (χ3n) is 9.71. The maximum Gasteiger partial charge on any atom is 0.148 e. The fraction of sp³-hybridized carbons (Fsp3) is 0.0217. The Labute approximate surface area is 288 Å². The quantitative estimate of drug-likeness (QED) is 0.203. The molecule has 0 aliphatic carbocycles. The third kappa shape index (κ3) is 4.73. The van der Waals surface area contributed by atoms with Gasteiger partial charge in [-0.05, 0) is 69.8 Å². The maximum absolute atomic E-state index is 6.82. The summed E-state index contributed by atoms with van der Waals surface area (Å²) in [5.74, 6) is 0. The lowest BCUT2D eigenvalue weighted by Gasteiger charge is -2.25. The minimum Gasteiger partial charge on any atom is -0.455 e. The Balaban J connectivity index is 1.28. The highest BCUT2D eigenvalue weighted by molar-refractivity contribution is 6.29. The molecule has 236 valence electrons. The lowest BCUT2D eigenvalue weighted by molar-refractivity contribution is 0.657. The van der Waals surface area contributed by atoms with Crippen LogP contribution in [0.2, 0.25) is 0 Å². The highest BCUT2D eigenvalue weighted by atomic mass is 16.3. The molecule has 1 unspecified atom stereocenters. The summed E-state index contributed by atoms with van der Waals surface area (Å²) in [5.41, 5.74) is 12.7. The van der Waals surface area contributed by atoms with Crippen molar-refractivity contribution in [2.45, 2.75) is 6.17 Å². The number of nitrogens with one attached hydrogen (secondary N) is 1. The van der Waals surface area contributed by atoms with Crippen molar-refractivity contribution >= 4 is 55.3 Å². The van der Waals surface area contributed by atoms with Gasteiger partial charge in [0.15, 0.2) is 0 Å². The number of nitrogens with zero attached hydrogens (tertiary/aromatic N) is 1. The van der Waals surface area contributed by atoms with Crippen LogP contribution in [0, 0.1) is 0 Å². The monoisotopic (exact) mass is 642 g/mol. The summed E-state index contributed by atoms with van der Waals surface area (Å²) in [5, 5.41) is 7.75. The van der Waals surface area contributed by atoms with Crippen LogP contribution in [0.15, 0.2) is 184 Å². The maximum atomic E-state index is 6.82. The molecule has 2 aromatic heterocycles. The molecule has 0 saturated heterocycles. The number of aliphatic imine (C=N–C) groups is 1. The zero-order valence-corrected chi connectivity index (χ0v) is 27.0. The van der Waals surface area contributed by atoms with Gasteiger partial charge in [-0.15, -0.1) is 0 Å². The minimum atomic E-state index is -0.281. The van der Waals surface area contributed by atoms with Gasteiger partial charge >= 0.3 is 0 Å². The molecule has 1 aliphatic heterocycles. The van der Waals surface area contributed by atoms with E-state index >= 15 is 0 Å². The molecule has 0 bridgehead atoms. The first-order valence-corrected chi connectivity index (χ1v) is 16.9. The highest BCUT2D eigenvalue weighted by Crippen LogP contribution is 2.44. The Bertz CT molecular complexity index is 2760. The molecule has 0 spiro atoms. The van der Waals surface area contributed by atoms with Gasteiger partial charge in [0.2, 0.25) is 0 Å². The molecule has 0 fully saturated rings. The van der Waals surface area contributed by atoms with Gasteiger partial charge in [0.1, 0.15) is 28.5 Å². The van der Waals surface area contributed by atoms with E-state index in [-0.39, 0.29) is 6.17 Å². The van der Waals surface area contributed by atoms with Crippen molar-refractivity contribution < 1.29 is 8.83 Å². The van der Waals surface area contributed by atoms with Crippen LogP contribution >= 0.6 is 0 Å². The predicted molar refractivity (Wildman–Crippen MR) is 205 cm³/mol. The molecule has 4 nitrogen and oxygen atoms in total. The largest absolute Gasteiger partial charge is 0.455 e. The fourth-order valence-corrected chi connectivity index (χ4v) is 7.24. The van der Waals surface area contributed by atoms with E-state index in [1.165, 1.54) is 0 Å². The second-order valence-corrected chi connectivity index (χ2v) is 12.8. The number of fused-ring (bicyclic) bond motifs is 7. The number of hydrogen-bond donors (Lipinski definition) is 1. The van der Waals surface area contributed by atoms with Crippen LogP contribution in [0.3, 0.4) is 0 Å². The summed E-state index contributed by atoms with van der Waals surface area (Å²) in [6, 6.07) is 56.9. The summed E-state index contributed by atoms with van der Waals surface area (Å²) in [6.07, 6.45) is 1.87. The molecule has 7 aromatic carbocycles. The van der Waals surface area contributed by atoms with E-state index in [9.17, 15) is 0 Å². The number of benzene rings is 7. The molecule has 10 rings (SSSR count). The van der Waals surface area contributed by atoms with E-state index in [1.807, 2.05) is 24.3 Å². The van der Waals surface area contributed by atoms with Crippen LogP contribution in [0.1, 0.15) is 22.9 Å². The smallest absolute Gasteiger partial charge is 0.148 e. The SMILES string of the molecule is C1=C(c2ccccc2)NC(c2ccccc2)N=C1c1cc2c3cc(-c4ccccc4)ccc3oc2c2c1oc1ccc(-c3ccccc3)cc12. The first-order valence-electron chi connectivity index (χ1n) is 16.9. The summed E-state index contributed by atoms with van der Waals surface area (Å²) >= 11 is 0. The van der Waals surface area contributed by atoms with Gasteiger partial charge in [-0.1, -0.05) is 133 Å². The second kappa shape index (κ2) is 11.5. The van der Waals surface area contributed by atoms with E-state index in [4.69, 9.17) is 13.8 Å². The third-order valence-corrected chi connectivity index (χ3v) is 9.71. The van der Waals surface area contributed by atoms with Crippen LogP contribution in [0.25, 0.3) is 71.8 Å². The van der Waals surface area contributed by atoms with E-state index in [2.05, 4.69) is 151 Å². The van der Waals surface area contributed by atoms with Crippen molar-refractivity contribution in [3.63, 3.8) is 0 Å². The van der Waals surface area contributed by atoms with E-state index in [0.29, 0.717) is 0 Å². The summed E-state index contributed by atoms with van der Waals surface area (Å²) < 4.78 is 13.6. The number of rotatable bonds is 5. The lowest BCUT2D eigenvalue weighted by Crippen LogP contribution is -2.24. The van der Waals surface area contributed by atoms with Crippen LogP contribution < -0.4 is 5.32 Å². The van der Waals surface area contributed by atoms with Gasteiger partial charge in [0, 0.05) is 27.4 Å². The highest BCUT2D eigenvalue weighted by Gasteiger charge is 2.26. The van der Waals surface area contributed by atoms with Crippen molar-refractivity contribution in [1.82, 2.24) is 5.32 Å². The number of furan rings is 2. The summed E-state index contributed by atoms with van der Waals surface area (Å²) in [7, 11) is 0. The molecule has 4 heteroatoms. The first-order chi connectivity index (χ1) is 24.8. The molecule has 1 aliphatic rings. The van der Waals surface area contributed by atoms with E-state index in [0.717, 1.165) is 94.2 Å². The van der Waals surface area contributed by atoms with Crippen molar-refractivity contribution in [2.75, 3.05) is 0 Å². The zero-order valence-electron chi connectivity index (χ0n) is 27.0. The van der Waals surface area contributed by atoms with E-state index < -0.39 is 0 Å². The average molecular weight is 643 g/mol. The number of allylic oxidation sites excluding steroid dienone is 1. The molecule has 50 heavy (non-hydrogen) atoms. The van der Waals surface area contributed by atoms with Crippen LogP contribution in [0.5, 0.6) is 0 Å². The van der Waals surface area contributed by atoms with Crippen LogP contribution in [0.4, 0.5) is 0 Å². The van der Waals surface area contributed by atoms with Crippen molar-refractivity contribution in [2.24, 2.45) is 4.99 Å². The van der Waals surface area contributed by atoms with Gasteiger partial charge < -0.3 is 14.2 Å². The van der Waals surface area contributed by atoms with Gasteiger partial charge in [-0.3, -0.25) is 4.99 Å². The summed E-state index contributed by atoms with van der Waals surface area (Å²) in [4.78, 5) is 5.36. The molecule has 0 saturated carbocycles. The molecular formula is C46H30N2O2. The fourth-order valence-electron chi connectivity index (χ4n) is 7.24. The Morgan fingerprint density at radius 2 is 1.00 bits per heavy atom. The minimum absolute atomic E-state index is 0.281. The van der Waals surface area contributed by atoms with Gasteiger partial charge in [0.05, 0.1) is 11.1 Å². The average Bonchev–Trinajstić information content (AvgIpc) is 3.76. The van der Waals surface area contributed by atoms with Gasteiger partial charge in [0.25, 0.3) is 0 Å². The van der Waals surface area contributed by atoms with Gasteiger partial charge in [-0.2, -0.15) is 0 Å². The molecule has 3 heterocycles. The normalized spacial score (nSPS) is 14.6. The summed E-state index contributed by atoms with van der Waals surface area (Å²) in [6.45, 7) is 0. The zero-order chi connectivity index (χ0) is 33.0. The van der Waals surface area contributed by atoms with Gasteiger partial charge in [-0.25, -0.2) is 0 Å². The predicted octanol–water partition coefficient (Wildman–Crippen LogP) is 12.0. The Hall–Kier alpha value is -6.65.